The molecule has 1 aliphatic rings. The molecule has 0 spiro atoms. The van der Waals surface area contributed by atoms with Crippen LogP contribution in [-0.4, -0.2) is 34.7 Å². The van der Waals surface area contributed by atoms with E-state index in [1.54, 1.807) is 18.2 Å². The van der Waals surface area contributed by atoms with Gasteiger partial charge in [-0.1, -0.05) is 6.07 Å². The molecule has 1 atom stereocenters. The molecule has 3 N–H and O–H groups in total. The first-order valence-corrected chi connectivity index (χ1v) is 12.6. The number of nitrogens with two attached hydrogens (primary N) is 1. The molecule has 0 aliphatic carbocycles. The molecule has 4 aromatic rings. The van der Waals surface area contributed by atoms with Gasteiger partial charge in [0.1, 0.15) is 28.4 Å². The van der Waals surface area contributed by atoms with E-state index in [9.17, 15) is 14.3 Å². The molecule has 0 bridgehead atoms. The molecule has 2 aromatic carbocycles. The number of pyridine rings is 2. The van der Waals surface area contributed by atoms with Crippen LogP contribution in [0.2, 0.25) is 0 Å². The number of fused-ring (bicyclic) bond motifs is 1. The molecule has 1 aliphatic heterocycles. The first-order chi connectivity index (χ1) is 18.5. The third kappa shape index (κ3) is 5.07. The predicted molar refractivity (Wildman–Crippen MR) is 142 cm³/mol. The molecular formula is C30H29F2N3O4. The maximum Gasteiger partial charge on any atom is 0.248 e. The van der Waals surface area contributed by atoms with Crippen LogP contribution in [0.4, 0.5) is 8.78 Å². The first-order valence-electron chi connectivity index (χ1n) is 12.6. The summed E-state index contributed by atoms with van der Waals surface area (Å²) >= 11 is 0. The molecule has 1 amide bonds. The number of ether oxygens (including phenoxy) is 2. The summed E-state index contributed by atoms with van der Waals surface area (Å²) in [4.78, 5) is 21.2. The Kier molecular flexibility index (Phi) is 6.82. The van der Waals surface area contributed by atoms with Crippen molar-refractivity contribution in [2.75, 3.05) is 13.7 Å². The van der Waals surface area contributed by atoms with Gasteiger partial charge in [0.15, 0.2) is 5.82 Å². The van der Waals surface area contributed by atoms with Crippen molar-refractivity contribution in [3.05, 3.63) is 88.7 Å². The lowest BCUT2D eigenvalue weighted by Gasteiger charge is -2.30. The lowest BCUT2D eigenvalue weighted by molar-refractivity contribution is -0.00449. The molecule has 0 radical (unpaired) electrons. The van der Waals surface area contributed by atoms with Crippen molar-refractivity contribution in [1.82, 2.24) is 9.97 Å². The minimum absolute atomic E-state index is 0.00613. The number of methoxy groups -OCH3 is 1. The Morgan fingerprint density at radius 3 is 2.49 bits per heavy atom. The number of aromatic nitrogens is 2. The van der Waals surface area contributed by atoms with Crippen LogP contribution in [0.1, 0.15) is 54.0 Å². The van der Waals surface area contributed by atoms with E-state index >= 15 is 4.39 Å². The number of nitrogens with zero attached hydrogens (tertiary/aromatic N) is 2. The average Bonchev–Trinajstić information content (AvgIpc) is 3.37. The summed E-state index contributed by atoms with van der Waals surface area (Å²) in [7, 11) is 1.49. The van der Waals surface area contributed by atoms with E-state index in [1.807, 2.05) is 12.1 Å². The minimum Gasteiger partial charge on any atom is -0.494 e. The zero-order valence-corrected chi connectivity index (χ0v) is 21.9. The summed E-state index contributed by atoms with van der Waals surface area (Å²) in [6.07, 6.45) is 1.66. The van der Waals surface area contributed by atoms with E-state index in [-0.39, 0.29) is 11.3 Å². The molecule has 3 heterocycles. The van der Waals surface area contributed by atoms with E-state index in [0.717, 1.165) is 6.42 Å². The number of carbonyl (C=O) groups is 1. The Labute approximate surface area is 224 Å². The largest absolute Gasteiger partial charge is 0.494 e. The zero-order valence-electron chi connectivity index (χ0n) is 21.9. The molecule has 1 unspecified atom stereocenters. The quantitative estimate of drug-likeness (QED) is 0.340. The van der Waals surface area contributed by atoms with Crippen molar-refractivity contribution in [2.24, 2.45) is 5.73 Å². The van der Waals surface area contributed by atoms with Gasteiger partial charge < -0.3 is 20.3 Å². The lowest BCUT2D eigenvalue weighted by atomic mass is 9.86. The van der Waals surface area contributed by atoms with Gasteiger partial charge in [0.2, 0.25) is 5.91 Å². The Morgan fingerprint density at radius 1 is 1.13 bits per heavy atom. The molecule has 5 rings (SSSR count). The van der Waals surface area contributed by atoms with Crippen LogP contribution in [-0.2, 0) is 22.4 Å². The summed E-state index contributed by atoms with van der Waals surface area (Å²) in [5, 5.41) is 11.5. The van der Waals surface area contributed by atoms with Crippen LogP contribution in [0.5, 0.6) is 5.75 Å². The second kappa shape index (κ2) is 9.98. The van der Waals surface area contributed by atoms with Crippen molar-refractivity contribution < 1.29 is 28.2 Å². The van der Waals surface area contributed by atoms with Crippen molar-refractivity contribution in [3.63, 3.8) is 0 Å². The summed E-state index contributed by atoms with van der Waals surface area (Å²) in [5.74, 6) is -1.29. The van der Waals surface area contributed by atoms with Gasteiger partial charge in [0, 0.05) is 40.8 Å². The highest BCUT2D eigenvalue weighted by Crippen LogP contribution is 2.42. The van der Waals surface area contributed by atoms with Gasteiger partial charge in [-0.15, -0.1) is 0 Å². The van der Waals surface area contributed by atoms with Gasteiger partial charge in [-0.2, -0.15) is 0 Å². The van der Waals surface area contributed by atoms with Crippen LogP contribution in [0.3, 0.4) is 0 Å². The van der Waals surface area contributed by atoms with Crippen molar-refractivity contribution >= 4 is 16.8 Å². The second-order valence-corrected chi connectivity index (χ2v) is 10.3. The number of hydrogen-bond donors (Lipinski definition) is 2. The molecule has 7 nitrogen and oxygen atoms in total. The van der Waals surface area contributed by atoms with Crippen LogP contribution < -0.4 is 10.5 Å². The SMILES string of the molecule is COc1cc(C(N)=O)cc2ccc(CC3(c4cc(C(C)(C)O)c(F)c(-c5ccc(F)cc5)n4)CCCO3)nc12. The smallest absolute Gasteiger partial charge is 0.248 e. The van der Waals surface area contributed by atoms with Gasteiger partial charge in [-0.3, -0.25) is 4.79 Å². The van der Waals surface area contributed by atoms with Crippen LogP contribution in [0.25, 0.3) is 22.2 Å². The summed E-state index contributed by atoms with van der Waals surface area (Å²) in [5.41, 5.74) is 5.46. The van der Waals surface area contributed by atoms with E-state index in [4.69, 9.17) is 20.2 Å². The Morgan fingerprint density at radius 2 is 1.87 bits per heavy atom. The Balaban J connectivity index is 1.64. The van der Waals surface area contributed by atoms with Gasteiger partial charge in [0.25, 0.3) is 0 Å². The fraction of sp³-hybridized carbons (Fsp3) is 0.300. The number of aliphatic hydroxyl groups is 1. The monoisotopic (exact) mass is 533 g/mol. The van der Waals surface area contributed by atoms with Gasteiger partial charge in [-0.05, 0) is 75.2 Å². The molecular weight excluding hydrogens is 504 g/mol. The highest BCUT2D eigenvalue weighted by atomic mass is 19.1. The molecule has 2 aromatic heterocycles. The standard InChI is InChI=1S/C30H29F2N3O4/c1-29(2,37)22-15-24(35-27(25(22)32)17-5-8-20(31)9-6-17)30(11-4-12-39-30)16-21-10-7-18-13-19(28(33)36)14-23(38-3)26(18)34-21/h5-10,13-15,37H,4,11-12,16H2,1-3H3,(H2,33,36). The van der Waals surface area contributed by atoms with Crippen LogP contribution >= 0.6 is 0 Å². The van der Waals surface area contributed by atoms with Crippen LogP contribution in [0.15, 0.2) is 54.6 Å². The number of rotatable bonds is 7. The summed E-state index contributed by atoms with van der Waals surface area (Å²) in [6.45, 7) is 3.48. The van der Waals surface area contributed by atoms with E-state index < -0.39 is 28.7 Å². The fourth-order valence-corrected chi connectivity index (χ4v) is 5.07. The molecule has 1 saturated heterocycles. The maximum absolute atomic E-state index is 15.7. The average molecular weight is 534 g/mol. The highest BCUT2D eigenvalue weighted by Gasteiger charge is 2.41. The van der Waals surface area contributed by atoms with Crippen LogP contribution in [0, 0.1) is 11.6 Å². The lowest BCUT2D eigenvalue weighted by Crippen LogP contribution is -2.31. The first kappa shape index (κ1) is 26.6. The van der Waals surface area contributed by atoms with Crippen molar-refractivity contribution in [1.29, 1.82) is 0 Å². The Bertz CT molecular complexity index is 1560. The number of carbonyl (C=O) groups excluding carboxylic acids is 1. The molecule has 202 valence electrons. The van der Waals surface area contributed by atoms with Gasteiger partial charge in [0.05, 0.1) is 18.4 Å². The normalized spacial score (nSPS) is 17.5. The third-order valence-electron chi connectivity index (χ3n) is 7.09. The van der Waals surface area contributed by atoms with Gasteiger partial charge in [-0.25, -0.2) is 18.7 Å². The maximum atomic E-state index is 15.7. The number of hydrogen-bond acceptors (Lipinski definition) is 6. The molecule has 1 fully saturated rings. The molecule has 0 saturated carbocycles. The Hall–Kier alpha value is -3.95. The number of halogens is 2. The van der Waals surface area contributed by atoms with Crippen molar-refractivity contribution in [3.8, 4) is 17.0 Å². The van der Waals surface area contributed by atoms with Crippen molar-refractivity contribution in [2.45, 2.75) is 44.3 Å². The number of primary amides is 1. The van der Waals surface area contributed by atoms with E-state index in [2.05, 4.69) is 4.98 Å². The minimum atomic E-state index is -1.51. The molecule has 9 heteroatoms. The van der Waals surface area contributed by atoms with E-state index in [0.29, 0.717) is 58.6 Å². The summed E-state index contributed by atoms with van der Waals surface area (Å²) in [6, 6.07) is 13.8. The zero-order chi connectivity index (χ0) is 27.9. The number of amides is 1. The summed E-state index contributed by atoms with van der Waals surface area (Å²) < 4.78 is 41.1. The molecule has 39 heavy (non-hydrogen) atoms. The second-order valence-electron chi connectivity index (χ2n) is 10.3. The topological polar surface area (TPSA) is 108 Å². The van der Waals surface area contributed by atoms with E-state index in [1.165, 1.54) is 45.2 Å². The number of benzene rings is 2. The van der Waals surface area contributed by atoms with Gasteiger partial charge >= 0.3 is 0 Å². The fourth-order valence-electron chi connectivity index (χ4n) is 5.07. The third-order valence-corrected chi connectivity index (χ3v) is 7.09. The highest BCUT2D eigenvalue weighted by molar-refractivity contribution is 5.99. The predicted octanol–water partition coefficient (Wildman–Crippen LogP) is 5.16.